The van der Waals surface area contributed by atoms with Gasteiger partial charge in [0.25, 0.3) is 0 Å². The number of benzene rings is 1. The van der Waals surface area contributed by atoms with Crippen LogP contribution >= 0.6 is 35.4 Å². The number of aryl methyl sites for hydroxylation is 1. The minimum absolute atomic E-state index is 0.318. The van der Waals surface area contributed by atoms with Crippen LogP contribution in [0.3, 0.4) is 0 Å². The van der Waals surface area contributed by atoms with E-state index in [0.29, 0.717) is 26.5 Å². The molecule has 0 aliphatic heterocycles. The second-order valence-corrected chi connectivity index (χ2v) is 5.25. The van der Waals surface area contributed by atoms with Gasteiger partial charge in [-0.1, -0.05) is 35.4 Å². The largest absolute Gasteiger partial charge is 0.389 e. The van der Waals surface area contributed by atoms with Gasteiger partial charge in [0.05, 0.1) is 10.7 Å². The number of rotatable bonds is 3. The minimum Gasteiger partial charge on any atom is -0.389 e. The summed E-state index contributed by atoms with van der Waals surface area (Å²) in [5, 5.41) is 4.30. The van der Waals surface area contributed by atoms with Gasteiger partial charge < -0.3 is 11.1 Å². The molecule has 1 aromatic carbocycles. The zero-order chi connectivity index (χ0) is 14.0. The van der Waals surface area contributed by atoms with E-state index in [-0.39, 0.29) is 0 Å². The van der Waals surface area contributed by atoms with Crippen LogP contribution in [-0.2, 0) is 0 Å². The first kappa shape index (κ1) is 14.1. The summed E-state index contributed by atoms with van der Waals surface area (Å²) < 4.78 is 0. The first-order valence-corrected chi connectivity index (χ1v) is 6.62. The molecule has 0 saturated heterocycles. The van der Waals surface area contributed by atoms with Crippen molar-refractivity contribution in [2.75, 3.05) is 5.32 Å². The highest BCUT2D eigenvalue weighted by atomic mass is 35.5. The third kappa shape index (κ3) is 3.35. The van der Waals surface area contributed by atoms with Gasteiger partial charge in [0, 0.05) is 16.8 Å². The van der Waals surface area contributed by atoms with E-state index in [4.69, 9.17) is 41.2 Å². The summed E-state index contributed by atoms with van der Waals surface area (Å²) in [6.07, 6.45) is 1.63. The van der Waals surface area contributed by atoms with Gasteiger partial charge in [-0.25, -0.2) is 4.98 Å². The first-order chi connectivity index (χ1) is 8.97. The molecule has 2 aromatic rings. The van der Waals surface area contributed by atoms with Crippen LogP contribution in [0.2, 0.25) is 10.0 Å². The number of anilines is 2. The lowest BCUT2D eigenvalue weighted by atomic mass is 10.2. The van der Waals surface area contributed by atoms with Crippen LogP contribution < -0.4 is 11.1 Å². The predicted molar refractivity (Wildman–Crippen MR) is 84.6 cm³/mol. The standard InChI is InChI=1S/C13H11Cl2N3S/c1-7-4-10(15)11(6-9(7)14)18-12-5-8(13(16)19)2-3-17-12/h2-6H,1H3,(H2,16,19)(H,17,18). The van der Waals surface area contributed by atoms with Gasteiger partial charge in [0.2, 0.25) is 0 Å². The Morgan fingerprint density at radius 1 is 1.26 bits per heavy atom. The summed E-state index contributed by atoms with van der Waals surface area (Å²) in [6, 6.07) is 7.06. The molecular formula is C13H11Cl2N3S. The summed E-state index contributed by atoms with van der Waals surface area (Å²) in [5.74, 6) is 0.604. The maximum atomic E-state index is 6.15. The molecule has 0 bridgehead atoms. The first-order valence-electron chi connectivity index (χ1n) is 5.46. The highest BCUT2D eigenvalue weighted by molar-refractivity contribution is 7.80. The topological polar surface area (TPSA) is 50.9 Å². The fraction of sp³-hybridized carbons (Fsp3) is 0.0769. The third-order valence-electron chi connectivity index (χ3n) is 2.56. The molecule has 1 aromatic heterocycles. The number of aromatic nitrogens is 1. The normalized spacial score (nSPS) is 10.3. The molecule has 2 rings (SSSR count). The van der Waals surface area contributed by atoms with Crippen LogP contribution in [0.5, 0.6) is 0 Å². The Kier molecular flexibility index (Phi) is 4.24. The van der Waals surface area contributed by atoms with Crippen molar-refractivity contribution in [3.8, 4) is 0 Å². The van der Waals surface area contributed by atoms with Gasteiger partial charge >= 0.3 is 0 Å². The summed E-state index contributed by atoms with van der Waals surface area (Å²) in [5.41, 5.74) is 7.92. The van der Waals surface area contributed by atoms with Crippen LogP contribution in [0.1, 0.15) is 11.1 Å². The molecule has 6 heteroatoms. The zero-order valence-corrected chi connectivity index (χ0v) is 12.4. The SMILES string of the molecule is Cc1cc(Cl)c(Nc2cc(C(N)=S)ccn2)cc1Cl. The average molecular weight is 312 g/mol. The monoisotopic (exact) mass is 311 g/mol. The van der Waals surface area contributed by atoms with E-state index in [9.17, 15) is 0 Å². The highest BCUT2D eigenvalue weighted by Gasteiger charge is 2.06. The number of nitrogens with zero attached hydrogens (tertiary/aromatic N) is 1. The molecule has 0 spiro atoms. The molecule has 0 radical (unpaired) electrons. The molecule has 3 nitrogen and oxygen atoms in total. The Labute approximate surface area is 126 Å². The van der Waals surface area contributed by atoms with E-state index in [1.807, 2.05) is 6.92 Å². The van der Waals surface area contributed by atoms with E-state index in [1.165, 1.54) is 0 Å². The number of thiocarbonyl (C=S) groups is 1. The second-order valence-electron chi connectivity index (χ2n) is 4.00. The fourth-order valence-electron chi connectivity index (χ4n) is 1.53. The number of nitrogens with one attached hydrogen (secondary N) is 1. The molecular weight excluding hydrogens is 301 g/mol. The summed E-state index contributed by atoms with van der Waals surface area (Å²) in [6.45, 7) is 1.89. The molecule has 0 saturated carbocycles. The lowest BCUT2D eigenvalue weighted by Gasteiger charge is -2.10. The Balaban J connectivity index is 2.33. The number of halogens is 2. The molecule has 19 heavy (non-hydrogen) atoms. The van der Waals surface area contributed by atoms with E-state index in [2.05, 4.69) is 10.3 Å². The Bertz CT molecular complexity index is 644. The number of hydrogen-bond acceptors (Lipinski definition) is 3. The van der Waals surface area contributed by atoms with Crippen molar-refractivity contribution >= 4 is 51.9 Å². The van der Waals surface area contributed by atoms with Crippen molar-refractivity contribution in [3.63, 3.8) is 0 Å². The van der Waals surface area contributed by atoms with Gasteiger partial charge in [0.15, 0.2) is 0 Å². The van der Waals surface area contributed by atoms with Gasteiger partial charge in [-0.15, -0.1) is 0 Å². The van der Waals surface area contributed by atoms with Crippen molar-refractivity contribution in [2.24, 2.45) is 5.73 Å². The van der Waals surface area contributed by atoms with Crippen LogP contribution in [0, 0.1) is 6.92 Å². The van der Waals surface area contributed by atoms with Crippen LogP contribution in [0.25, 0.3) is 0 Å². The average Bonchev–Trinajstić information content (AvgIpc) is 2.36. The van der Waals surface area contributed by atoms with Crippen molar-refractivity contribution < 1.29 is 0 Å². The van der Waals surface area contributed by atoms with Gasteiger partial charge in [-0.2, -0.15) is 0 Å². The molecule has 0 unspecified atom stereocenters. The van der Waals surface area contributed by atoms with E-state index in [1.54, 1.807) is 30.5 Å². The molecule has 3 N–H and O–H groups in total. The summed E-state index contributed by atoms with van der Waals surface area (Å²) in [4.78, 5) is 4.50. The third-order valence-corrected chi connectivity index (χ3v) is 3.51. The molecule has 98 valence electrons. The Hall–Kier alpha value is -1.36. The smallest absolute Gasteiger partial charge is 0.131 e. The number of hydrogen-bond donors (Lipinski definition) is 2. The zero-order valence-electron chi connectivity index (χ0n) is 10.1. The highest BCUT2D eigenvalue weighted by Crippen LogP contribution is 2.30. The van der Waals surface area contributed by atoms with Crippen LogP contribution in [-0.4, -0.2) is 9.97 Å². The Morgan fingerprint density at radius 3 is 2.68 bits per heavy atom. The molecule has 0 fully saturated rings. The fourth-order valence-corrected chi connectivity index (χ4v) is 2.09. The molecule has 0 atom stereocenters. The summed E-state index contributed by atoms with van der Waals surface area (Å²) in [7, 11) is 0. The van der Waals surface area contributed by atoms with Gasteiger partial charge in [0.1, 0.15) is 10.8 Å². The van der Waals surface area contributed by atoms with Crippen molar-refractivity contribution in [1.29, 1.82) is 0 Å². The van der Waals surface area contributed by atoms with E-state index in [0.717, 1.165) is 11.1 Å². The quantitative estimate of drug-likeness (QED) is 0.839. The lowest BCUT2D eigenvalue weighted by molar-refractivity contribution is 1.30. The minimum atomic E-state index is 0.318. The predicted octanol–water partition coefficient (Wildman–Crippen LogP) is 4.07. The van der Waals surface area contributed by atoms with Gasteiger partial charge in [-0.05, 0) is 36.8 Å². The van der Waals surface area contributed by atoms with E-state index >= 15 is 0 Å². The molecule has 0 amide bonds. The van der Waals surface area contributed by atoms with E-state index < -0.39 is 0 Å². The van der Waals surface area contributed by atoms with Crippen LogP contribution in [0.15, 0.2) is 30.5 Å². The lowest BCUT2D eigenvalue weighted by Crippen LogP contribution is -2.09. The molecule has 0 aliphatic rings. The molecule has 1 heterocycles. The second kappa shape index (κ2) is 5.74. The number of pyridine rings is 1. The van der Waals surface area contributed by atoms with Crippen LogP contribution in [0.4, 0.5) is 11.5 Å². The maximum Gasteiger partial charge on any atom is 0.131 e. The van der Waals surface area contributed by atoms with Crippen molar-refractivity contribution in [2.45, 2.75) is 6.92 Å². The summed E-state index contributed by atoms with van der Waals surface area (Å²) >= 11 is 17.2. The molecule has 0 aliphatic carbocycles. The number of nitrogens with two attached hydrogens (primary N) is 1. The van der Waals surface area contributed by atoms with Gasteiger partial charge in [-0.3, -0.25) is 0 Å². The van der Waals surface area contributed by atoms with Crippen molar-refractivity contribution in [1.82, 2.24) is 4.98 Å². The Morgan fingerprint density at radius 2 is 2.00 bits per heavy atom. The van der Waals surface area contributed by atoms with Crippen molar-refractivity contribution in [3.05, 3.63) is 51.6 Å². The maximum absolute atomic E-state index is 6.15.